The van der Waals surface area contributed by atoms with Crippen LogP contribution >= 0.6 is 23.2 Å². The second-order valence-corrected chi connectivity index (χ2v) is 8.10. The van der Waals surface area contributed by atoms with Gasteiger partial charge in [0.2, 0.25) is 11.6 Å². The Kier molecular flexibility index (Phi) is 7.21. The van der Waals surface area contributed by atoms with Crippen LogP contribution < -0.4 is 10.2 Å². The number of hydrogen-bond donors (Lipinski definition) is 1. The van der Waals surface area contributed by atoms with Gasteiger partial charge in [-0.3, -0.25) is 14.9 Å². The fourth-order valence-electron chi connectivity index (χ4n) is 2.49. The lowest BCUT2D eigenvalue weighted by atomic mass is 10.2. The van der Waals surface area contributed by atoms with Gasteiger partial charge in [0.15, 0.2) is 0 Å². The highest BCUT2D eigenvalue weighted by molar-refractivity contribution is 6.34. The molecule has 0 radical (unpaired) electrons. The Morgan fingerprint density at radius 3 is 2.41 bits per heavy atom. The summed E-state index contributed by atoms with van der Waals surface area (Å²) in [6, 6.07) is 4.95. The number of aromatic nitrogens is 2. The molecule has 0 aliphatic heterocycles. The maximum absolute atomic E-state index is 12.1. The molecule has 2 aromatic rings. The molecule has 1 aromatic carbocycles. The number of esters is 1. The van der Waals surface area contributed by atoms with E-state index in [1.54, 1.807) is 39.0 Å². The number of rotatable bonds is 7. The molecule has 29 heavy (non-hydrogen) atoms. The van der Waals surface area contributed by atoms with Gasteiger partial charge in [0.25, 0.3) is 0 Å². The Hall–Kier alpha value is -2.65. The van der Waals surface area contributed by atoms with Crippen molar-refractivity contribution in [2.45, 2.75) is 32.9 Å². The number of nitrogens with one attached hydrogen (secondary N) is 1. The molecule has 0 spiro atoms. The monoisotopic (exact) mass is 441 g/mol. The Bertz CT molecular complexity index is 897. The van der Waals surface area contributed by atoms with Crippen molar-refractivity contribution in [3.63, 3.8) is 0 Å². The van der Waals surface area contributed by atoms with Crippen LogP contribution in [0.4, 0.5) is 17.3 Å². The van der Waals surface area contributed by atoms with Gasteiger partial charge in [0.1, 0.15) is 18.5 Å². The second kappa shape index (κ2) is 9.23. The van der Waals surface area contributed by atoms with E-state index in [0.29, 0.717) is 10.0 Å². The lowest BCUT2D eigenvalue weighted by molar-refractivity contribution is -0.383. The minimum absolute atomic E-state index is 0.00661. The Morgan fingerprint density at radius 2 is 1.86 bits per heavy atom. The highest BCUT2D eigenvalue weighted by atomic mass is 35.5. The van der Waals surface area contributed by atoms with Crippen molar-refractivity contribution < 1.29 is 14.5 Å². The zero-order valence-electron chi connectivity index (χ0n) is 16.4. The van der Waals surface area contributed by atoms with Gasteiger partial charge >= 0.3 is 11.7 Å². The summed E-state index contributed by atoms with van der Waals surface area (Å²) in [5, 5.41) is 15.5. The number of ether oxygens (including phenoxy) is 1. The van der Waals surface area contributed by atoms with Crippen LogP contribution in [-0.2, 0) is 16.1 Å². The maximum Gasteiger partial charge on any atom is 0.353 e. The Morgan fingerprint density at radius 1 is 1.24 bits per heavy atom. The average Bonchev–Trinajstić information content (AvgIpc) is 2.56. The summed E-state index contributed by atoms with van der Waals surface area (Å²) < 4.78 is 5.25. The highest BCUT2D eigenvalue weighted by Crippen LogP contribution is 2.31. The first-order valence-electron chi connectivity index (χ1n) is 8.57. The van der Waals surface area contributed by atoms with Crippen LogP contribution in [0.1, 0.15) is 26.3 Å². The van der Waals surface area contributed by atoms with Gasteiger partial charge in [0, 0.05) is 23.6 Å². The number of halogens is 2. The number of benzene rings is 1. The summed E-state index contributed by atoms with van der Waals surface area (Å²) in [6.07, 6.45) is 1.18. The molecule has 2 rings (SSSR count). The van der Waals surface area contributed by atoms with Gasteiger partial charge in [-0.05, 0) is 44.5 Å². The molecule has 0 saturated carbocycles. The van der Waals surface area contributed by atoms with E-state index in [9.17, 15) is 14.9 Å². The molecule has 0 saturated heterocycles. The summed E-state index contributed by atoms with van der Waals surface area (Å²) in [5.41, 5.74) is -0.300. The molecule has 0 aliphatic carbocycles. The first kappa shape index (κ1) is 22.6. The average molecular weight is 442 g/mol. The SMILES string of the molecule is CN(CC(=O)OC(C)(C)C)c1ncnc(NCc2cc(Cl)cc(Cl)c2)c1[N+](=O)[O-]. The molecule has 0 atom stereocenters. The molecule has 0 bridgehead atoms. The van der Waals surface area contributed by atoms with Crippen molar-refractivity contribution in [1.82, 2.24) is 9.97 Å². The Labute approximate surface area is 178 Å². The normalized spacial score (nSPS) is 11.1. The number of carbonyl (C=O) groups is 1. The number of anilines is 2. The van der Waals surface area contributed by atoms with Crippen LogP contribution in [0.5, 0.6) is 0 Å². The second-order valence-electron chi connectivity index (χ2n) is 7.23. The van der Waals surface area contributed by atoms with Crippen LogP contribution in [0, 0.1) is 10.1 Å². The van der Waals surface area contributed by atoms with E-state index in [-0.39, 0.29) is 30.4 Å². The van der Waals surface area contributed by atoms with Crippen molar-refractivity contribution >= 4 is 46.5 Å². The van der Waals surface area contributed by atoms with Crippen LogP contribution in [-0.4, -0.2) is 40.1 Å². The minimum atomic E-state index is -0.666. The summed E-state index contributed by atoms with van der Waals surface area (Å²) in [5.74, 6) is -0.536. The summed E-state index contributed by atoms with van der Waals surface area (Å²) in [4.78, 5) is 32.4. The highest BCUT2D eigenvalue weighted by Gasteiger charge is 2.27. The quantitative estimate of drug-likeness (QED) is 0.388. The first-order valence-corrected chi connectivity index (χ1v) is 9.33. The predicted molar refractivity (Wildman–Crippen MR) is 112 cm³/mol. The van der Waals surface area contributed by atoms with E-state index in [0.717, 1.165) is 5.56 Å². The fourth-order valence-corrected chi connectivity index (χ4v) is 3.06. The van der Waals surface area contributed by atoms with Gasteiger partial charge in [-0.25, -0.2) is 9.97 Å². The molecule has 11 heteroatoms. The van der Waals surface area contributed by atoms with E-state index in [4.69, 9.17) is 27.9 Å². The molecule has 9 nitrogen and oxygen atoms in total. The summed E-state index contributed by atoms with van der Waals surface area (Å²) in [7, 11) is 1.51. The van der Waals surface area contributed by atoms with E-state index in [1.807, 2.05) is 0 Å². The smallest absolute Gasteiger partial charge is 0.353 e. The van der Waals surface area contributed by atoms with Crippen molar-refractivity contribution in [3.05, 3.63) is 50.2 Å². The molecule has 0 unspecified atom stereocenters. The molecule has 0 fully saturated rings. The zero-order chi connectivity index (χ0) is 21.8. The maximum atomic E-state index is 12.1. The molecular formula is C18H21Cl2N5O4. The van der Waals surface area contributed by atoms with E-state index in [2.05, 4.69) is 15.3 Å². The number of carbonyl (C=O) groups excluding carboxylic acids is 1. The predicted octanol–water partition coefficient (Wildman–Crippen LogP) is 4.08. The van der Waals surface area contributed by atoms with Crippen molar-refractivity contribution in [2.24, 2.45) is 0 Å². The Balaban J connectivity index is 2.24. The third-order valence-electron chi connectivity index (χ3n) is 3.52. The molecule has 1 aromatic heterocycles. The number of hydrogen-bond acceptors (Lipinski definition) is 8. The van der Waals surface area contributed by atoms with Crippen molar-refractivity contribution in [1.29, 1.82) is 0 Å². The number of nitro groups is 1. The molecule has 0 aliphatic rings. The van der Waals surface area contributed by atoms with Crippen LogP contribution in [0.2, 0.25) is 10.0 Å². The number of nitrogens with zero attached hydrogens (tertiary/aromatic N) is 4. The largest absolute Gasteiger partial charge is 0.459 e. The van der Waals surface area contributed by atoms with Gasteiger partial charge < -0.3 is 15.0 Å². The molecule has 1 N–H and O–H groups in total. The lowest BCUT2D eigenvalue weighted by Crippen LogP contribution is -2.33. The summed E-state index contributed by atoms with van der Waals surface area (Å²) >= 11 is 12.0. The van der Waals surface area contributed by atoms with E-state index >= 15 is 0 Å². The van der Waals surface area contributed by atoms with Gasteiger partial charge in [-0.2, -0.15) is 0 Å². The molecule has 1 heterocycles. The number of likely N-dealkylation sites (N-methyl/N-ethyl adjacent to an activating group) is 1. The summed E-state index contributed by atoms with van der Waals surface area (Å²) in [6.45, 7) is 5.21. The molecule has 156 valence electrons. The van der Waals surface area contributed by atoms with Crippen LogP contribution in [0.25, 0.3) is 0 Å². The van der Waals surface area contributed by atoms with Gasteiger partial charge in [0.05, 0.1) is 4.92 Å². The lowest BCUT2D eigenvalue weighted by Gasteiger charge is -2.23. The third kappa shape index (κ3) is 6.72. The standard InChI is InChI=1S/C18H21Cl2N5O4/c1-18(2,3)29-14(26)9-24(4)17-15(25(27)28)16(22-10-23-17)21-8-11-5-12(19)7-13(20)6-11/h5-7,10H,8-9H2,1-4H3,(H,21,22,23). The fraction of sp³-hybridized carbons (Fsp3) is 0.389. The van der Waals surface area contributed by atoms with Gasteiger partial charge in [-0.1, -0.05) is 23.2 Å². The van der Waals surface area contributed by atoms with Crippen molar-refractivity contribution in [3.8, 4) is 0 Å². The zero-order valence-corrected chi connectivity index (χ0v) is 17.9. The minimum Gasteiger partial charge on any atom is -0.459 e. The van der Waals surface area contributed by atoms with Crippen LogP contribution in [0.15, 0.2) is 24.5 Å². The first-order chi connectivity index (χ1) is 13.5. The van der Waals surface area contributed by atoms with Gasteiger partial charge in [-0.15, -0.1) is 0 Å². The third-order valence-corrected chi connectivity index (χ3v) is 3.95. The molecular weight excluding hydrogens is 421 g/mol. The van der Waals surface area contributed by atoms with E-state index < -0.39 is 16.5 Å². The van der Waals surface area contributed by atoms with Crippen LogP contribution in [0.3, 0.4) is 0 Å². The topological polar surface area (TPSA) is 110 Å². The molecule has 0 amide bonds. The van der Waals surface area contributed by atoms with Crippen molar-refractivity contribution in [2.75, 3.05) is 23.8 Å². The van der Waals surface area contributed by atoms with E-state index in [1.165, 1.54) is 18.3 Å².